The first-order valence-electron chi connectivity index (χ1n) is 4.58. The van der Waals surface area contributed by atoms with Crippen LogP contribution in [0.5, 0.6) is 0 Å². The molecule has 0 aromatic carbocycles. The number of hydrogen-bond acceptors (Lipinski definition) is 2. The minimum Gasteiger partial charge on any atom is -0.299 e. The SMILES string of the molecule is CCC1(C)CCC(=O)C(C)C1=O. The van der Waals surface area contributed by atoms with Gasteiger partial charge in [-0.1, -0.05) is 13.8 Å². The predicted octanol–water partition coefficient (Wildman–Crippen LogP) is 1.97. The Kier molecular flexibility index (Phi) is 2.36. The van der Waals surface area contributed by atoms with Crippen LogP contribution in [0, 0.1) is 11.3 Å². The van der Waals surface area contributed by atoms with Gasteiger partial charge in [0.1, 0.15) is 11.6 Å². The van der Waals surface area contributed by atoms with Crippen LogP contribution in [-0.2, 0) is 9.59 Å². The smallest absolute Gasteiger partial charge is 0.148 e. The zero-order chi connectivity index (χ0) is 9.35. The predicted molar refractivity (Wildman–Crippen MR) is 46.8 cm³/mol. The Labute approximate surface area is 73.3 Å². The third-order valence-electron chi connectivity index (χ3n) is 3.17. The number of carbonyl (C=O) groups excluding carboxylic acids is 2. The van der Waals surface area contributed by atoms with E-state index >= 15 is 0 Å². The molecule has 2 atom stereocenters. The maximum Gasteiger partial charge on any atom is 0.148 e. The van der Waals surface area contributed by atoms with E-state index in [0.29, 0.717) is 6.42 Å². The van der Waals surface area contributed by atoms with Gasteiger partial charge in [0.15, 0.2) is 0 Å². The molecule has 1 aliphatic carbocycles. The number of hydrogen-bond donors (Lipinski definition) is 0. The van der Waals surface area contributed by atoms with Gasteiger partial charge in [0.25, 0.3) is 0 Å². The molecule has 0 aromatic rings. The third kappa shape index (κ3) is 1.30. The fraction of sp³-hybridized carbons (Fsp3) is 0.800. The van der Waals surface area contributed by atoms with Crippen molar-refractivity contribution in [3.8, 4) is 0 Å². The summed E-state index contributed by atoms with van der Waals surface area (Å²) in [5.74, 6) is -0.101. The summed E-state index contributed by atoms with van der Waals surface area (Å²) in [6, 6.07) is 0. The molecule has 2 unspecified atom stereocenters. The molecule has 0 spiro atoms. The van der Waals surface area contributed by atoms with Crippen LogP contribution in [0.4, 0.5) is 0 Å². The Hall–Kier alpha value is -0.660. The molecular weight excluding hydrogens is 152 g/mol. The van der Waals surface area contributed by atoms with E-state index in [4.69, 9.17) is 0 Å². The maximum atomic E-state index is 11.7. The van der Waals surface area contributed by atoms with Crippen molar-refractivity contribution in [2.45, 2.75) is 40.0 Å². The van der Waals surface area contributed by atoms with E-state index in [-0.39, 0.29) is 22.9 Å². The lowest BCUT2D eigenvalue weighted by molar-refractivity contribution is -0.142. The number of ketones is 2. The summed E-state index contributed by atoms with van der Waals surface area (Å²) in [4.78, 5) is 22.9. The first-order chi connectivity index (χ1) is 5.51. The first kappa shape index (κ1) is 9.43. The quantitative estimate of drug-likeness (QED) is 0.561. The first-order valence-corrected chi connectivity index (χ1v) is 4.58. The van der Waals surface area contributed by atoms with Crippen LogP contribution in [0.1, 0.15) is 40.0 Å². The van der Waals surface area contributed by atoms with E-state index < -0.39 is 0 Å². The molecule has 1 rings (SSSR count). The molecule has 2 nitrogen and oxygen atoms in total. The minimum atomic E-state index is -0.358. The molecule has 12 heavy (non-hydrogen) atoms. The second-order valence-corrected chi connectivity index (χ2v) is 3.97. The molecule has 0 N–H and O–H groups in total. The molecule has 0 amide bonds. The Balaban J connectivity index is 2.85. The minimum absolute atomic E-state index is 0.117. The molecule has 0 bridgehead atoms. The molecule has 0 radical (unpaired) electrons. The average Bonchev–Trinajstić information content (AvgIpc) is 2.09. The second kappa shape index (κ2) is 3.00. The number of Topliss-reactive ketones (excluding diaryl/α,β-unsaturated/α-hetero) is 2. The van der Waals surface area contributed by atoms with Crippen LogP contribution in [-0.4, -0.2) is 11.6 Å². The van der Waals surface area contributed by atoms with Gasteiger partial charge < -0.3 is 0 Å². The van der Waals surface area contributed by atoms with Crippen molar-refractivity contribution in [2.24, 2.45) is 11.3 Å². The molecular formula is C10H16O2. The lowest BCUT2D eigenvalue weighted by atomic mass is 9.68. The Bertz CT molecular complexity index is 220. The summed E-state index contributed by atoms with van der Waals surface area (Å²) < 4.78 is 0. The van der Waals surface area contributed by atoms with Gasteiger partial charge in [0, 0.05) is 11.8 Å². The van der Waals surface area contributed by atoms with Crippen molar-refractivity contribution in [3.05, 3.63) is 0 Å². The summed E-state index contributed by atoms with van der Waals surface area (Å²) in [7, 11) is 0. The van der Waals surface area contributed by atoms with E-state index in [1.807, 2.05) is 13.8 Å². The van der Waals surface area contributed by atoms with Crippen LogP contribution in [0.15, 0.2) is 0 Å². The van der Waals surface area contributed by atoms with Crippen LogP contribution in [0.2, 0.25) is 0 Å². The van der Waals surface area contributed by atoms with Crippen molar-refractivity contribution < 1.29 is 9.59 Å². The molecule has 1 saturated carbocycles. The highest BCUT2D eigenvalue weighted by atomic mass is 16.2. The van der Waals surface area contributed by atoms with Gasteiger partial charge in [-0.25, -0.2) is 0 Å². The van der Waals surface area contributed by atoms with Gasteiger partial charge in [-0.3, -0.25) is 9.59 Å². The van der Waals surface area contributed by atoms with Gasteiger partial charge in [-0.15, -0.1) is 0 Å². The van der Waals surface area contributed by atoms with E-state index in [1.165, 1.54) is 0 Å². The monoisotopic (exact) mass is 168 g/mol. The van der Waals surface area contributed by atoms with E-state index in [2.05, 4.69) is 0 Å². The molecule has 0 heterocycles. The Morgan fingerprint density at radius 3 is 2.58 bits per heavy atom. The van der Waals surface area contributed by atoms with Crippen LogP contribution in [0.3, 0.4) is 0 Å². The zero-order valence-corrected chi connectivity index (χ0v) is 8.02. The normalized spacial score (nSPS) is 37.1. The van der Waals surface area contributed by atoms with Crippen molar-refractivity contribution in [3.63, 3.8) is 0 Å². The number of rotatable bonds is 1. The summed E-state index contributed by atoms with van der Waals surface area (Å²) in [5, 5.41) is 0. The standard InChI is InChI=1S/C10H16O2/c1-4-10(3)6-5-8(11)7(2)9(10)12/h7H,4-6H2,1-3H3. The van der Waals surface area contributed by atoms with Crippen LogP contribution >= 0.6 is 0 Å². The van der Waals surface area contributed by atoms with Gasteiger partial charge >= 0.3 is 0 Å². The topological polar surface area (TPSA) is 34.1 Å². The van der Waals surface area contributed by atoms with Crippen LogP contribution < -0.4 is 0 Å². The molecule has 68 valence electrons. The lowest BCUT2D eigenvalue weighted by Crippen LogP contribution is -2.40. The van der Waals surface area contributed by atoms with Gasteiger partial charge in [0.2, 0.25) is 0 Å². The van der Waals surface area contributed by atoms with Crippen molar-refractivity contribution in [2.75, 3.05) is 0 Å². The highest BCUT2D eigenvalue weighted by Crippen LogP contribution is 2.36. The van der Waals surface area contributed by atoms with E-state index in [9.17, 15) is 9.59 Å². The highest BCUT2D eigenvalue weighted by molar-refractivity contribution is 6.06. The highest BCUT2D eigenvalue weighted by Gasteiger charge is 2.41. The average molecular weight is 168 g/mol. The summed E-state index contributed by atoms with van der Waals surface area (Å²) in [5.41, 5.74) is -0.229. The van der Waals surface area contributed by atoms with Crippen molar-refractivity contribution >= 4 is 11.6 Å². The fourth-order valence-corrected chi connectivity index (χ4v) is 1.76. The Morgan fingerprint density at radius 2 is 2.08 bits per heavy atom. The molecule has 0 aromatic heterocycles. The summed E-state index contributed by atoms with van der Waals surface area (Å²) in [6.45, 7) is 5.72. The molecule has 2 heteroatoms. The van der Waals surface area contributed by atoms with Crippen molar-refractivity contribution in [1.82, 2.24) is 0 Å². The summed E-state index contributed by atoms with van der Waals surface area (Å²) in [6.07, 6.45) is 2.17. The van der Waals surface area contributed by atoms with Gasteiger partial charge in [-0.05, 0) is 19.8 Å². The van der Waals surface area contributed by atoms with Gasteiger partial charge in [-0.2, -0.15) is 0 Å². The van der Waals surface area contributed by atoms with Crippen molar-refractivity contribution in [1.29, 1.82) is 0 Å². The number of carbonyl (C=O) groups is 2. The van der Waals surface area contributed by atoms with E-state index in [1.54, 1.807) is 6.92 Å². The molecule has 0 aliphatic heterocycles. The maximum absolute atomic E-state index is 11.7. The lowest BCUT2D eigenvalue weighted by Gasteiger charge is -2.33. The Morgan fingerprint density at radius 1 is 1.50 bits per heavy atom. The van der Waals surface area contributed by atoms with E-state index in [0.717, 1.165) is 12.8 Å². The zero-order valence-electron chi connectivity index (χ0n) is 8.02. The van der Waals surface area contributed by atoms with Crippen LogP contribution in [0.25, 0.3) is 0 Å². The molecule has 0 saturated heterocycles. The fourth-order valence-electron chi connectivity index (χ4n) is 1.76. The van der Waals surface area contributed by atoms with Gasteiger partial charge in [0.05, 0.1) is 5.92 Å². The molecule has 1 fully saturated rings. The second-order valence-electron chi connectivity index (χ2n) is 3.97. The summed E-state index contributed by atoms with van der Waals surface area (Å²) >= 11 is 0. The largest absolute Gasteiger partial charge is 0.299 e. The third-order valence-corrected chi connectivity index (χ3v) is 3.17. The molecule has 1 aliphatic rings.